The number of fused-ring (bicyclic) bond motifs is 1. The minimum atomic E-state index is 0.0522. The Morgan fingerprint density at radius 3 is 2.28 bits per heavy atom. The van der Waals surface area contributed by atoms with Crippen molar-refractivity contribution < 1.29 is 0 Å². The molecule has 1 aliphatic carbocycles. The van der Waals surface area contributed by atoms with Gasteiger partial charge in [0.25, 0.3) is 0 Å². The summed E-state index contributed by atoms with van der Waals surface area (Å²) in [6.07, 6.45) is 4.96. The molecule has 2 heteroatoms. The second kappa shape index (κ2) is 4.22. The van der Waals surface area contributed by atoms with Crippen molar-refractivity contribution in [1.82, 2.24) is 0 Å². The molecule has 0 saturated heterocycles. The summed E-state index contributed by atoms with van der Waals surface area (Å²) in [6.45, 7) is 0. The molecule has 0 aromatic heterocycles. The molecule has 0 spiro atoms. The van der Waals surface area contributed by atoms with Crippen molar-refractivity contribution in [3.05, 3.63) is 86.2 Å². The van der Waals surface area contributed by atoms with Gasteiger partial charge in [-0.05, 0) is 57.3 Å². The van der Waals surface area contributed by atoms with E-state index in [9.17, 15) is 9.59 Å². The highest BCUT2D eigenvalue weighted by Gasteiger charge is 2.20. The van der Waals surface area contributed by atoms with Crippen molar-refractivity contribution >= 4 is 49.2 Å². The van der Waals surface area contributed by atoms with Crippen LogP contribution in [-0.2, 0) is 6.42 Å². The lowest BCUT2D eigenvalue weighted by molar-refractivity contribution is 1.32. The van der Waals surface area contributed by atoms with Gasteiger partial charge in [0.05, 0.1) is 0 Å². The molecular formula is C23H12O2. The average molecular weight is 320 g/mol. The van der Waals surface area contributed by atoms with Gasteiger partial charge in [0.2, 0.25) is 0 Å². The molecular weight excluding hydrogens is 308 g/mol. The largest absolute Gasteiger partial charge is 0.289 e. The van der Waals surface area contributed by atoms with Gasteiger partial charge in [0, 0.05) is 21.5 Å². The van der Waals surface area contributed by atoms with Gasteiger partial charge in [-0.1, -0.05) is 42.5 Å². The fourth-order valence-corrected chi connectivity index (χ4v) is 4.54. The van der Waals surface area contributed by atoms with Crippen LogP contribution in [0.3, 0.4) is 0 Å². The van der Waals surface area contributed by atoms with Crippen molar-refractivity contribution in [3.8, 4) is 0 Å². The van der Waals surface area contributed by atoms with Crippen molar-refractivity contribution in [2.45, 2.75) is 6.42 Å². The minimum Gasteiger partial charge on any atom is -0.289 e. The summed E-state index contributed by atoms with van der Waals surface area (Å²) in [7, 11) is 0. The molecule has 0 fully saturated rings. The van der Waals surface area contributed by atoms with E-state index in [2.05, 4.69) is 18.2 Å². The third-order valence-electron chi connectivity index (χ3n) is 5.56. The zero-order chi connectivity index (χ0) is 16.7. The molecule has 116 valence electrons. The highest BCUT2D eigenvalue weighted by atomic mass is 16.1. The third-order valence-corrected chi connectivity index (χ3v) is 5.56. The summed E-state index contributed by atoms with van der Waals surface area (Å²) in [5.74, 6) is 0. The topological polar surface area (TPSA) is 34.1 Å². The molecule has 0 bridgehead atoms. The Balaban J connectivity index is 2.18. The fourth-order valence-electron chi connectivity index (χ4n) is 4.54. The van der Waals surface area contributed by atoms with Crippen molar-refractivity contribution in [1.29, 1.82) is 0 Å². The highest BCUT2D eigenvalue weighted by Crippen LogP contribution is 2.42. The van der Waals surface area contributed by atoms with Gasteiger partial charge in [0.1, 0.15) is 0 Å². The molecule has 0 N–H and O–H groups in total. The Morgan fingerprint density at radius 1 is 0.640 bits per heavy atom. The Hall–Kier alpha value is -3.26. The molecule has 0 aliphatic heterocycles. The van der Waals surface area contributed by atoms with E-state index >= 15 is 0 Å². The average Bonchev–Trinajstić information content (AvgIpc) is 2.81. The van der Waals surface area contributed by atoms with Gasteiger partial charge in [-0.15, -0.1) is 0 Å². The van der Waals surface area contributed by atoms with Crippen LogP contribution in [0.2, 0.25) is 0 Å². The molecule has 6 rings (SSSR count). The second-order valence-electron chi connectivity index (χ2n) is 6.81. The fraction of sp³-hybridized carbons (Fsp3) is 0.0435. The zero-order valence-corrected chi connectivity index (χ0v) is 13.3. The number of hydrogen-bond acceptors (Lipinski definition) is 2. The van der Waals surface area contributed by atoms with Crippen LogP contribution in [-0.4, -0.2) is 0 Å². The Bertz CT molecular complexity index is 1490. The van der Waals surface area contributed by atoms with E-state index in [4.69, 9.17) is 0 Å². The second-order valence-corrected chi connectivity index (χ2v) is 6.81. The molecule has 0 amide bonds. The van der Waals surface area contributed by atoms with E-state index in [1.165, 1.54) is 5.56 Å². The Morgan fingerprint density at radius 2 is 1.36 bits per heavy atom. The Kier molecular flexibility index (Phi) is 2.21. The SMILES string of the molecule is O=c1cc2c3c4c(ccc5c(=O)ccc(c6cccc1c63)c54)CC=C2. The standard InChI is InChI=1S/C23H12O2/c24-18-10-9-15-14-5-2-6-16-19(25)11-13-4-1-3-12-7-8-17(18)23(15)20(12)21(13)22(14)16/h1-2,4-11H,3H2. The molecule has 25 heavy (non-hydrogen) atoms. The molecule has 0 unspecified atom stereocenters. The van der Waals surface area contributed by atoms with Gasteiger partial charge < -0.3 is 0 Å². The van der Waals surface area contributed by atoms with Crippen LogP contribution in [0.5, 0.6) is 0 Å². The Labute approximate surface area is 142 Å². The number of hydrogen-bond donors (Lipinski definition) is 0. The highest BCUT2D eigenvalue weighted by molar-refractivity contribution is 6.34. The molecule has 0 saturated carbocycles. The predicted molar refractivity (Wildman–Crippen MR) is 104 cm³/mol. The van der Waals surface area contributed by atoms with Crippen molar-refractivity contribution in [2.24, 2.45) is 0 Å². The van der Waals surface area contributed by atoms with Gasteiger partial charge in [-0.3, -0.25) is 9.59 Å². The van der Waals surface area contributed by atoms with Crippen LogP contribution in [0.25, 0.3) is 49.2 Å². The van der Waals surface area contributed by atoms with Crippen LogP contribution in [0.1, 0.15) is 11.1 Å². The zero-order valence-electron chi connectivity index (χ0n) is 13.3. The third kappa shape index (κ3) is 1.46. The normalized spacial score (nSPS) is 13.6. The van der Waals surface area contributed by atoms with E-state index < -0.39 is 0 Å². The summed E-state index contributed by atoms with van der Waals surface area (Å²) >= 11 is 0. The van der Waals surface area contributed by atoms with Crippen LogP contribution in [0, 0.1) is 0 Å². The molecule has 5 aromatic carbocycles. The maximum Gasteiger partial charge on any atom is 0.187 e. The summed E-state index contributed by atoms with van der Waals surface area (Å²) in [6, 6.07) is 15.2. The van der Waals surface area contributed by atoms with Gasteiger partial charge >= 0.3 is 0 Å². The summed E-state index contributed by atoms with van der Waals surface area (Å²) in [5, 5.41) is 7.93. The monoisotopic (exact) mass is 320 g/mol. The first-order chi connectivity index (χ1) is 12.2. The minimum absolute atomic E-state index is 0.0522. The molecule has 5 aromatic rings. The quantitative estimate of drug-likeness (QED) is 0.312. The molecule has 0 atom stereocenters. The van der Waals surface area contributed by atoms with E-state index in [1.54, 1.807) is 12.1 Å². The lowest BCUT2D eigenvalue weighted by atomic mass is 9.86. The summed E-state index contributed by atoms with van der Waals surface area (Å²) in [5.41, 5.74) is 2.28. The molecule has 0 heterocycles. The van der Waals surface area contributed by atoms with Crippen LogP contribution in [0.4, 0.5) is 0 Å². The summed E-state index contributed by atoms with van der Waals surface area (Å²) in [4.78, 5) is 25.1. The van der Waals surface area contributed by atoms with Crippen molar-refractivity contribution in [2.75, 3.05) is 0 Å². The van der Waals surface area contributed by atoms with E-state index in [-0.39, 0.29) is 10.9 Å². The maximum atomic E-state index is 12.7. The summed E-state index contributed by atoms with van der Waals surface area (Å²) < 4.78 is 0. The molecule has 1 aliphatic rings. The molecule has 2 nitrogen and oxygen atoms in total. The first kappa shape index (κ1) is 13.1. The molecule has 0 radical (unpaired) electrons. The lowest BCUT2D eigenvalue weighted by Crippen LogP contribution is -2.05. The number of benzene rings is 5. The maximum absolute atomic E-state index is 12.7. The van der Waals surface area contributed by atoms with E-state index in [0.717, 1.165) is 55.1 Å². The van der Waals surface area contributed by atoms with Crippen molar-refractivity contribution in [3.63, 3.8) is 0 Å². The first-order valence-corrected chi connectivity index (χ1v) is 8.43. The van der Waals surface area contributed by atoms with Gasteiger partial charge in [-0.2, -0.15) is 0 Å². The predicted octanol–water partition coefficient (Wildman–Crippen LogP) is 4.46. The number of allylic oxidation sites excluding steroid dienone is 1. The smallest absolute Gasteiger partial charge is 0.187 e. The first-order valence-electron chi connectivity index (χ1n) is 8.43. The van der Waals surface area contributed by atoms with Crippen LogP contribution in [0.15, 0.2) is 64.2 Å². The van der Waals surface area contributed by atoms with E-state index in [1.807, 2.05) is 30.3 Å². The number of rotatable bonds is 0. The van der Waals surface area contributed by atoms with Crippen LogP contribution < -0.4 is 10.9 Å². The lowest BCUT2D eigenvalue weighted by Gasteiger charge is -2.16. The van der Waals surface area contributed by atoms with Crippen LogP contribution >= 0.6 is 0 Å². The van der Waals surface area contributed by atoms with E-state index in [0.29, 0.717) is 0 Å². The van der Waals surface area contributed by atoms with Gasteiger partial charge in [-0.25, -0.2) is 0 Å². The van der Waals surface area contributed by atoms with Gasteiger partial charge in [0.15, 0.2) is 10.9 Å².